The average Bonchev–Trinajstić information content (AvgIpc) is 2.50. The van der Waals surface area contributed by atoms with Crippen LogP contribution >= 0.6 is 11.8 Å². The second-order valence-corrected chi connectivity index (χ2v) is 6.73. The van der Waals surface area contributed by atoms with E-state index in [1.807, 2.05) is 38.1 Å². The minimum Gasteiger partial charge on any atom is -0.507 e. The first-order chi connectivity index (χ1) is 11.0. The van der Waals surface area contributed by atoms with Crippen molar-refractivity contribution < 1.29 is 10.2 Å². The van der Waals surface area contributed by atoms with Gasteiger partial charge in [-0.3, -0.25) is 0 Å². The molecule has 0 spiro atoms. The van der Waals surface area contributed by atoms with Crippen molar-refractivity contribution in [1.29, 1.82) is 0 Å². The predicted octanol–water partition coefficient (Wildman–Crippen LogP) is 5.32. The van der Waals surface area contributed by atoms with E-state index < -0.39 is 0 Å². The first-order valence-corrected chi connectivity index (χ1v) is 8.32. The Bertz CT molecular complexity index is 684. The van der Waals surface area contributed by atoms with Crippen molar-refractivity contribution in [3.8, 4) is 11.5 Å². The third kappa shape index (κ3) is 3.99. The summed E-state index contributed by atoms with van der Waals surface area (Å²) in [5, 5.41) is 20.2. The molecule has 120 valence electrons. The fourth-order valence-corrected chi connectivity index (χ4v) is 3.66. The number of hydrogen-bond acceptors (Lipinski definition) is 3. The third-order valence-corrected chi connectivity index (χ3v) is 4.61. The highest BCUT2D eigenvalue weighted by atomic mass is 32.2. The summed E-state index contributed by atoms with van der Waals surface area (Å²) in [4.78, 5) is 2.12. The number of phenolic OH excluding ortho intramolecular Hbond substituents is 2. The van der Waals surface area contributed by atoms with Gasteiger partial charge < -0.3 is 10.2 Å². The van der Waals surface area contributed by atoms with E-state index in [-0.39, 0.29) is 0 Å². The number of rotatable bonds is 6. The Morgan fingerprint density at radius 1 is 0.826 bits per heavy atom. The Kier molecular flexibility index (Phi) is 5.56. The van der Waals surface area contributed by atoms with Crippen LogP contribution in [-0.4, -0.2) is 10.2 Å². The maximum atomic E-state index is 10.1. The SMILES string of the molecule is C=CCc1cc(Sc2cc(C)c(O)c(CC=C)c2)cc(C)c1O. The van der Waals surface area contributed by atoms with E-state index in [9.17, 15) is 10.2 Å². The zero-order valence-corrected chi connectivity index (χ0v) is 14.4. The Hall–Kier alpha value is -2.13. The monoisotopic (exact) mass is 326 g/mol. The summed E-state index contributed by atoms with van der Waals surface area (Å²) in [6.07, 6.45) is 4.85. The van der Waals surface area contributed by atoms with E-state index in [0.717, 1.165) is 32.0 Å². The lowest BCUT2D eigenvalue weighted by Gasteiger charge is -2.12. The molecule has 3 heteroatoms. The predicted molar refractivity (Wildman–Crippen MR) is 97.6 cm³/mol. The molecule has 2 aromatic carbocycles. The van der Waals surface area contributed by atoms with Gasteiger partial charge in [0, 0.05) is 9.79 Å². The van der Waals surface area contributed by atoms with Crippen LogP contribution in [0.5, 0.6) is 11.5 Å². The van der Waals surface area contributed by atoms with Crippen molar-refractivity contribution in [1.82, 2.24) is 0 Å². The maximum Gasteiger partial charge on any atom is 0.122 e. The molecule has 0 saturated heterocycles. The fourth-order valence-electron chi connectivity index (χ4n) is 2.51. The summed E-state index contributed by atoms with van der Waals surface area (Å²) in [6, 6.07) is 7.93. The maximum absolute atomic E-state index is 10.1. The average molecular weight is 326 g/mol. The van der Waals surface area contributed by atoms with Crippen LogP contribution < -0.4 is 0 Å². The Morgan fingerprint density at radius 2 is 1.22 bits per heavy atom. The van der Waals surface area contributed by atoms with E-state index in [1.165, 1.54) is 0 Å². The van der Waals surface area contributed by atoms with Gasteiger partial charge in [0.2, 0.25) is 0 Å². The van der Waals surface area contributed by atoms with Crippen molar-refractivity contribution in [3.05, 3.63) is 71.8 Å². The van der Waals surface area contributed by atoms with Gasteiger partial charge in [-0.2, -0.15) is 0 Å². The van der Waals surface area contributed by atoms with Crippen LogP contribution in [0.4, 0.5) is 0 Å². The number of aryl methyl sites for hydroxylation is 2. The summed E-state index contributed by atoms with van der Waals surface area (Å²) >= 11 is 1.62. The molecule has 0 heterocycles. The second-order valence-electron chi connectivity index (χ2n) is 5.58. The van der Waals surface area contributed by atoms with Crippen molar-refractivity contribution in [2.75, 3.05) is 0 Å². The second kappa shape index (κ2) is 7.42. The largest absolute Gasteiger partial charge is 0.507 e. The molecule has 2 aromatic rings. The smallest absolute Gasteiger partial charge is 0.122 e. The zero-order chi connectivity index (χ0) is 17.0. The number of phenols is 2. The number of allylic oxidation sites excluding steroid dienone is 2. The van der Waals surface area contributed by atoms with Crippen LogP contribution in [0, 0.1) is 13.8 Å². The summed E-state index contributed by atoms with van der Waals surface area (Å²) in [5.41, 5.74) is 3.47. The van der Waals surface area contributed by atoms with Crippen molar-refractivity contribution in [2.24, 2.45) is 0 Å². The lowest BCUT2D eigenvalue weighted by molar-refractivity contribution is 0.464. The lowest BCUT2D eigenvalue weighted by atomic mass is 10.1. The van der Waals surface area contributed by atoms with Gasteiger partial charge in [-0.15, -0.1) is 13.2 Å². The topological polar surface area (TPSA) is 40.5 Å². The number of aromatic hydroxyl groups is 2. The van der Waals surface area contributed by atoms with Gasteiger partial charge in [-0.1, -0.05) is 23.9 Å². The highest BCUT2D eigenvalue weighted by Gasteiger charge is 2.10. The van der Waals surface area contributed by atoms with Gasteiger partial charge in [-0.25, -0.2) is 0 Å². The molecule has 0 aliphatic heterocycles. The van der Waals surface area contributed by atoms with E-state index in [4.69, 9.17) is 0 Å². The van der Waals surface area contributed by atoms with Crippen LogP contribution in [0.2, 0.25) is 0 Å². The minimum atomic E-state index is 0.337. The molecule has 0 radical (unpaired) electrons. The molecule has 0 atom stereocenters. The van der Waals surface area contributed by atoms with Crippen molar-refractivity contribution >= 4 is 11.8 Å². The van der Waals surface area contributed by atoms with Gasteiger partial charge in [0.25, 0.3) is 0 Å². The van der Waals surface area contributed by atoms with Crippen LogP contribution in [0.1, 0.15) is 22.3 Å². The van der Waals surface area contributed by atoms with Gasteiger partial charge in [0.15, 0.2) is 0 Å². The number of benzene rings is 2. The molecular formula is C20H22O2S. The van der Waals surface area contributed by atoms with Gasteiger partial charge in [-0.05, 0) is 73.2 Å². The Morgan fingerprint density at radius 3 is 1.57 bits per heavy atom. The first-order valence-electron chi connectivity index (χ1n) is 7.50. The fraction of sp³-hybridized carbons (Fsp3) is 0.200. The summed E-state index contributed by atoms with van der Waals surface area (Å²) in [6.45, 7) is 11.3. The molecule has 0 aromatic heterocycles. The van der Waals surface area contributed by atoms with Crippen molar-refractivity contribution in [3.63, 3.8) is 0 Å². The van der Waals surface area contributed by atoms with Gasteiger partial charge in [0.1, 0.15) is 11.5 Å². The number of hydrogen-bond donors (Lipinski definition) is 2. The molecule has 2 rings (SSSR count). The summed E-state index contributed by atoms with van der Waals surface area (Å²) < 4.78 is 0. The molecule has 2 nitrogen and oxygen atoms in total. The Balaban J connectivity index is 2.39. The molecule has 0 fully saturated rings. The first kappa shape index (κ1) is 17.2. The van der Waals surface area contributed by atoms with E-state index in [2.05, 4.69) is 13.2 Å². The minimum absolute atomic E-state index is 0.337. The van der Waals surface area contributed by atoms with E-state index >= 15 is 0 Å². The van der Waals surface area contributed by atoms with Gasteiger partial charge >= 0.3 is 0 Å². The molecule has 0 unspecified atom stereocenters. The van der Waals surface area contributed by atoms with Gasteiger partial charge in [0.05, 0.1) is 0 Å². The Labute approximate surface area is 142 Å². The molecule has 0 amide bonds. The van der Waals surface area contributed by atoms with Crippen LogP contribution in [-0.2, 0) is 12.8 Å². The molecule has 0 bridgehead atoms. The molecule has 0 aliphatic rings. The normalized spacial score (nSPS) is 10.5. The summed E-state index contributed by atoms with van der Waals surface area (Å²) in [7, 11) is 0. The standard InChI is InChI=1S/C20H22O2S/c1-5-7-15-11-17(9-13(3)19(15)21)23-18-10-14(4)20(22)16(12-18)8-6-2/h5-6,9-12,21-22H,1-2,7-8H2,3-4H3. The van der Waals surface area contributed by atoms with Crippen LogP contribution in [0.15, 0.2) is 59.4 Å². The molecule has 23 heavy (non-hydrogen) atoms. The highest BCUT2D eigenvalue weighted by Crippen LogP contribution is 2.36. The third-order valence-electron chi connectivity index (χ3n) is 3.67. The summed E-state index contributed by atoms with van der Waals surface area (Å²) in [5.74, 6) is 0.673. The molecule has 2 N–H and O–H groups in total. The van der Waals surface area contributed by atoms with Crippen molar-refractivity contribution in [2.45, 2.75) is 36.5 Å². The molecular weight excluding hydrogens is 304 g/mol. The highest BCUT2D eigenvalue weighted by molar-refractivity contribution is 7.99. The molecule has 0 aliphatic carbocycles. The molecule has 0 saturated carbocycles. The van der Waals surface area contributed by atoms with Crippen LogP contribution in [0.3, 0.4) is 0 Å². The van der Waals surface area contributed by atoms with E-state index in [0.29, 0.717) is 24.3 Å². The zero-order valence-electron chi connectivity index (χ0n) is 13.6. The quantitative estimate of drug-likeness (QED) is 0.706. The van der Waals surface area contributed by atoms with Crippen LogP contribution in [0.25, 0.3) is 0 Å². The lowest BCUT2D eigenvalue weighted by Crippen LogP contribution is -1.90. The van der Waals surface area contributed by atoms with E-state index in [1.54, 1.807) is 23.9 Å².